The molecular formula is C34H33N3O6S. The fourth-order valence-corrected chi connectivity index (χ4v) is 7.39. The molecular weight excluding hydrogens is 578 g/mol. The minimum Gasteiger partial charge on any atom is -0.452 e. The van der Waals surface area contributed by atoms with Crippen LogP contribution in [0, 0.1) is 0 Å². The molecule has 4 aromatic carbocycles. The van der Waals surface area contributed by atoms with Gasteiger partial charge in [0, 0.05) is 19.5 Å². The highest BCUT2D eigenvalue weighted by Gasteiger charge is 2.35. The van der Waals surface area contributed by atoms with Gasteiger partial charge in [0.15, 0.2) is 6.61 Å². The highest BCUT2D eigenvalue weighted by atomic mass is 32.2. The molecule has 4 aromatic rings. The Morgan fingerprint density at radius 1 is 0.864 bits per heavy atom. The van der Waals surface area contributed by atoms with E-state index in [4.69, 9.17) is 14.6 Å². The number of sulfonamides is 1. The van der Waals surface area contributed by atoms with Crippen LogP contribution in [0.4, 0.5) is 0 Å². The van der Waals surface area contributed by atoms with Crippen LogP contribution in [0.5, 0.6) is 0 Å². The van der Waals surface area contributed by atoms with Crippen molar-refractivity contribution in [3.63, 3.8) is 0 Å². The first kappa shape index (κ1) is 29.7. The number of rotatable bonds is 7. The average molecular weight is 612 g/mol. The number of hydrogen-bond acceptors (Lipinski definition) is 7. The number of esters is 1. The highest BCUT2D eigenvalue weighted by molar-refractivity contribution is 7.89. The van der Waals surface area contributed by atoms with Crippen LogP contribution in [0.2, 0.25) is 0 Å². The van der Waals surface area contributed by atoms with Gasteiger partial charge in [0.25, 0.3) is 5.91 Å². The lowest BCUT2D eigenvalue weighted by atomic mass is 9.97. The number of hydrazone groups is 1. The van der Waals surface area contributed by atoms with Crippen LogP contribution in [-0.2, 0) is 24.3 Å². The molecule has 0 spiro atoms. The van der Waals surface area contributed by atoms with Crippen molar-refractivity contribution >= 4 is 38.4 Å². The number of nitrogens with zero attached hydrogens (tertiary/aromatic N) is 3. The third kappa shape index (κ3) is 6.14. The Balaban J connectivity index is 1.19. The molecule has 2 aliphatic heterocycles. The topological polar surface area (TPSA) is 106 Å². The van der Waals surface area contributed by atoms with Crippen LogP contribution >= 0.6 is 0 Å². The molecule has 3 atom stereocenters. The average Bonchev–Trinajstić information content (AvgIpc) is 3.49. The lowest BCUT2D eigenvalue weighted by Gasteiger charge is -2.34. The largest absolute Gasteiger partial charge is 0.452 e. The third-order valence-electron chi connectivity index (χ3n) is 7.85. The fourth-order valence-electron chi connectivity index (χ4n) is 5.75. The first-order chi connectivity index (χ1) is 21.2. The normalized spacial score (nSPS) is 20.8. The molecule has 10 heteroatoms. The molecule has 0 N–H and O–H groups in total. The van der Waals surface area contributed by atoms with E-state index in [-0.39, 0.29) is 41.8 Å². The Morgan fingerprint density at radius 3 is 2.32 bits per heavy atom. The second-order valence-corrected chi connectivity index (χ2v) is 13.1. The summed E-state index contributed by atoms with van der Waals surface area (Å²) in [5, 5.41) is 8.27. The van der Waals surface area contributed by atoms with Gasteiger partial charge in [0.1, 0.15) is 0 Å². The molecule has 0 bridgehead atoms. The predicted octanol–water partition coefficient (Wildman–Crippen LogP) is 5.17. The van der Waals surface area contributed by atoms with Gasteiger partial charge in [-0.3, -0.25) is 4.79 Å². The summed E-state index contributed by atoms with van der Waals surface area (Å²) in [6.07, 6.45) is 0.00515. The van der Waals surface area contributed by atoms with Crippen molar-refractivity contribution in [1.29, 1.82) is 0 Å². The smallest absolute Gasteiger partial charge is 0.338 e. The Bertz CT molecular complexity index is 1830. The number of amides is 1. The fraction of sp³-hybridized carbons (Fsp3) is 0.265. The molecule has 226 valence electrons. The summed E-state index contributed by atoms with van der Waals surface area (Å²) in [4.78, 5) is 26.5. The predicted molar refractivity (Wildman–Crippen MR) is 167 cm³/mol. The van der Waals surface area contributed by atoms with Crippen LogP contribution in [-0.4, -0.2) is 67.2 Å². The first-order valence-electron chi connectivity index (χ1n) is 14.6. The van der Waals surface area contributed by atoms with Crippen molar-refractivity contribution in [2.24, 2.45) is 5.10 Å². The minimum atomic E-state index is -3.86. The van der Waals surface area contributed by atoms with Crippen molar-refractivity contribution in [2.75, 3.05) is 19.7 Å². The Morgan fingerprint density at radius 2 is 1.57 bits per heavy atom. The summed E-state index contributed by atoms with van der Waals surface area (Å²) < 4.78 is 39.1. The lowest BCUT2D eigenvalue weighted by molar-refractivity contribution is -0.136. The second-order valence-electron chi connectivity index (χ2n) is 11.2. The standard InChI is InChI=1S/C34H33N3O6S/c1-23-20-36(21-24(2)43-23)44(40,41)30-14-8-13-29(18-30)34(39)42-22-33(38)37-32(26-10-4-3-5-11-26)19-31(35-37)28-16-15-25-9-6-7-12-27(25)17-28/h3-18,23-24,32H,19-22H2,1-2H3/t23-,24-,32+/m1/s1. The van der Waals surface area contributed by atoms with Gasteiger partial charge in [0.2, 0.25) is 10.0 Å². The summed E-state index contributed by atoms with van der Waals surface area (Å²) in [5.41, 5.74) is 2.62. The van der Waals surface area contributed by atoms with Crippen LogP contribution in [0.1, 0.15) is 47.8 Å². The summed E-state index contributed by atoms with van der Waals surface area (Å²) in [6, 6.07) is 29.1. The SMILES string of the molecule is C[C@@H]1CN(S(=O)(=O)c2cccc(C(=O)OCC(=O)N3N=C(c4ccc5ccccc5c4)C[C@H]3c3ccccc3)c2)C[C@@H](C)O1. The van der Waals surface area contributed by atoms with Crippen LogP contribution in [0.25, 0.3) is 10.8 Å². The van der Waals surface area contributed by atoms with Gasteiger partial charge in [-0.15, -0.1) is 0 Å². The molecule has 0 aromatic heterocycles. The van der Waals surface area contributed by atoms with E-state index in [1.54, 1.807) is 0 Å². The van der Waals surface area contributed by atoms with Gasteiger partial charge in [-0.2, -0.15) is 9.41 Å². The number of ether oxygens (including phenoxy) is 2. The van der Waals surface area contributed by atoms with E-state index >= 15 is 0 Å². The number of carbonyl (C=O) groups is 2. The molecule has 44 heavy (non-hydrogen) atoms. The Hall–Kier alpha value is -4.38. The summed E-state index contributed by atoms with van der Waals surface area (Å²) in [5.74, 6) is -1.28. The summed E-state index contributed by atoms with van der Waals surface area (Å²) in [6.45, 7) is 3.53. The van der Waals surface area contributed by atoms with Crippen molar-refractivity contribution in [2.45, 2.75) is 43.4 Å². The van der Waals surface area contributed by atoms with Gasteiger partial charge in [-0.05, 0) is 60.0 Å². The maximum absolute atomic E-state index is 13.5. The van der Waals surface area contributed by atoms with Crippen molar-refractivity contribution in [3.8, 4) is 0 Å². The minimum absolute atomic E-state index is 0.0205. The van der Waals surface area contributed by atoms with Gasteiger partial charge in [-0.25, -0.2) is 18.2 Å². The molecule has 2 aliphatic rings. The molecule has 1 fully saturated rings. The molecule has 0 aliphatic carbocycles. The van der Waals surface area contributed by atoms with E-state index in [9.17, 15) is 18.0 Å². The third-order valence-corrected chi connectivity index (χ3v) is 9.68. The summed E-state index contributed by atoms with van der Waals surface area (Å²) >= 11 is 0. The molecule has 1 saturated heterocycles. The zero-order chi connectivity index (χ0) is 30.8. The van der Waals surface area contributed by atoms with Crippen LogP contribution in [0.3, 0.4) is 0 Å². The molecule has 0 unspecified atom stereocenters. The molecule has 1 amide bonds. The summed E-state index contributed by atoms with van der Waals surface area (Å²) in [7, 11) is -3.86. The van der Waals surface area contributed by atoms with Gasteiger partial charge < -0.3 is 9.47 Å². The zero-order valence-electron chi connectivity index (χ0n) is 24.5. The van der Waals surface area contributed by atoms with Crippen LogP contribution in [0.15, 0.2) is 107 Å². The number of hydrogen-bond donors (Lipinski definition) is 0. The van der Waals surface area contributed by atoms with E-state index in [2.05, 4.69) is 6.07 Å². The number of fused-ring (bicyclic) bond motifs is 1. The molecule has 6 rings (SSSR count). The number of benzene rings is 4. The second kappa shape index (κ2) is 12.3. The Labute approximate surface area is 256 Å². The molecule has 0 saturated carbocycles. The molecule has 2 heterocycles. The van der Waals surface area contributed by atoms with Crippen molar-refractivity contribution in [3.05, 3.63) is 114 Å². The molecule has 0 radical (unpaired) electrons. The number of morpholine rings is 1. The Kier molecular flexibility index (Phi) is 8.31. The maximum Gasteiger partial charge on any atom is 0.338 e. The van der Waals surface area contributed by atoms with E-state index in [1.807, 2.05) is 80.6 Å². The zero-order valence-corrected chi connectivity index (χ0v) is 25.3. The van der Waals surface area contributed by atoms with E-state index in [1.165, 1.54) is 33.6 Å². The van der Waals surface area contributed by atoms with E-state index in [0.717, 1.165) is 27.6 Å². The van der Waals surface area contributed by atoms with Gasteiger partial charge >= 0.3 is 5.97 Å². The van der Waals surface area contributed by atoms with Crippen molar-refractivity contribution in [1.82, 2.24) is 9.31 Å². The monoisotopic (exact) mass is 611 g/mol. The quantitative estimate of drug-likeness (QED) is 0.267. The van der Waals surface area contributed by atoms with Gasteiger partial charge in [-0.1, -0.05) is 72.8 Å². The first-order valence-corrected chi connectivity index (χ1v) is 16.0. The van der Waals surface area contributed by atoms with Crippen LogP contribution < -0.4 is 0 Å². The van der Waals surface area contributed by atoms with Gasteiger partial charge in [0.05, 0.1) is 34.4 Å². The lowest BCUT2D eigenvalue weighted by Crippen LogP contribution is -2.48. The van der Waals surface area contributed by atoms with Crippen molar-refractivity contribution < 1.29 is 27.5 Å². The van der Waals surface area contributed by atoms with E-state index < -0.39 is 28.5 Å². The highest BCUT2D eigenvalue weighted by Crippen LogP contribution is 2.33. The van der Waals surface area contributed by atoms with E-state index in [0.29, 0.717) is 6.42 Å². The molecule has 9 nitrogen and oxygen atoms in total. The maximum atomic E-state index is 13.5. The number of carbonyl (C=O) groups excluding carboxylic acids is 2.